The van der Waals surface area contributed by atoms with Crippen LogP contribution in [-0.2, 0) is 0 Å². The molecule has 0 spiro atoms. The van der Waals surface area contributed by atoms with Gasteiger partial charge in [-0.25, -0.2) is 8.78 Å². The molecule has 0 amide bonds. The summed E-state index contributed by atoms with van der Waals surface area (Å²) in [6.07, 6.45) is 0. The van der Waals surface area contributed by atoms with Crippen LogP contribution in [0.3, 0.4) is 0 Å². The van der Waals surface area contributed by atoms with Gasteiger partial charge in [0.2, 0.25) is 0 Å². The van der Waals surface area contributed by atoms with Crippen molar-refractivity contribution in [2.45, 2.75) is 0 Å². The maximum Gasteiger partial charge on any atom is 0.134 e. The monoisotopic (exact) mass is 236 g/mol. The Labute approximate surface area is 97.1 Å². The Bertz CT molecular complexity index is 533. The molecule has 0 aromatic heterocycles. The van der Waals surface area contributed by atoms with E-state index in [-0.39, 0.29) is 16.9 Å². The molecular weight excluding hydrogens is 226 g/mol. The molecule has 0 aliphatic rings. The van der Waals surface area contributed by atoms with E-state index in [0.29, 0.717) is 5.75 Å². The van der Waals surface area contributed by atoms with Crippen LogP contribution in [0.1, 0.15) is 0 Å². The van der Waals surface area contributed by atoms with Gasteiger partial charge in [-0.3, -0.25) is 0 Å². The summed E-state index contributed by atoms with van der Waals surface area (Å²) < 4.78 is 32.1. The molecule has 88 valence electrons. The molecule has 0 saturated heterocycles. The zero-order valence-corrected chi connectivity index (χ0v) is 9.08. The SMILES string of the molecule is COc1ccc(O)c(-c2c(F)cccc2F)c1. The third kappa shape index (κ3) is 2.06. The van der Waals surface area contributed by atoms with Gasteiger partial charge in [0.05, 0.1) is 12.7 Å². The zero-order valence-electron chi connectivity index (χ0n) is 9.08. The summed E-state index contributed by atoms with van der Waals surface area (Å²) in [6.45, 7) is 0. The minimum absolute atomic E-state index is 0.0694. The van der Waals surface area contributed by atoms with Gasteiger partial charge < -0.3 is 9.84 Å². The number of rotatable bonds is 2. The first-order valence-electron chi connectivity index (χ1n) is 4.95. The van der Waals surface area contributed by atoms with Gasteiger partial charge in [0.25, 0.3) is 0 Å². The molecular formula is C13H10F2O2. The van der Waals surface area contributed by atoms with Crippen molar-refractivity contribution in [1.82, 2.24) is 0 Å². The summed E-state index contributed by atoms with van der Waals surface area (Å²) in [5.41, 5.74) is -0.191. The van der Waals surface area contributed by atoms with Crippen LogP contribution in [0.15, 0.2) is 36.4 Å². The molecule has 4 heteroatoms. The van der Waals surface area contributed by atoms with Crippen LogP contribution in [0.25, 0.3) is 11.1 Å². The fourth-order valence-corrected chi connectivity index (χ4v) is 1.60. The number of phenolic OH excluding ortho intramolecular Hbond substituents is 1. The van der Waals surface area contributed by atoms with Crippen molar-refractivity contribution in [2.24, 2.45) is 0 Å². The zero-order chi connectivity index (χ0) is 12.4. The first-order chi connectivity index (χ1) is 8.13. The Morgan fingerprint density at radius 3 is 2.29 bits per heavy atom. The minimum Gasteiger partial charge on any atom is -0.507 e. The lowest BCUT2D eigenvalue weighted by Gasteiger charge is -2.09. The van der Waals surface area contributed by atoms with E-state index in [2.05, 4.69) is 0 Å². The van der Waals surface area contributed by atoms with Gasteiger partial charge in [0.15, 0.2) is 0 Å². The van der Waals surface area contributed by atoms with Crippen molar-refractivity contribution in [3.05, 3.63) is 48.0 Å². The molecule has 0 unspecified atom stereocenters. The number of halogens is 2. The second-order valence-corrected chi connectivity index (χ2v) is 3.48. The fraction of sp³-hybridized carbons (Fsp3) is 0.0769. The van der Waals surface area contributed by atoms with Gasteiger partial charge in [-0.05, 0) is 30.3 Å². The molecule has 1 N–H and O–H groups in total. The van der Waals surface area contributed by atoms with Gasteiger partial charge in [-0.15, -0.1) is 0 Å². The number of aromatic hydroxyl groups is 1. The second-order valence-electron chi connectivity index (χ2n) is 3.48. The van der Waals surface area contributed by atoms with E-state index in [0.717, 1.165) is 12.1 Å². The second kappa shape index (κ2) is 4.41. The summed E-state index contributed by atoms with van der Waals surface area (Å²) in [4.78, 5) is 0. The normalized spacial score (nSPS) is 10.3. The summed E-state index contributed by atoms with van der Waals surface area (Å²) in [7, 11) is 1.44. The maximum absolute atomic E-state index is 13.6. The molecule has 0 radical (unpaired) electrons. The lowest BCUT2D eigenvalue weighted by Crippen LogP contribution is -1.91. The predicted octanol–water partition coefficient (Wildman–Crippen LogP) is 3.35. The van der Waals surface area contributed by atoms with Gasteiger partial charge in [-0.2, -0.15) is 0 Å². The van der Waals surface area contributed by atoms with E-state index in [4.69, 9.17) is 4.74 Å². The average Bonchev–Trinajstić information content (AvgIpc) is 2.31. The molecule has 2 rings (SSSR count). The standard InChI is InChI=1S/C13H10F2O2/c1-17-8-5-6-12(16)9(7-8)13-10(14)3-2-4-11(13)15/h2-7,16H,1H3. The van der Waals surface area contributed by atoms with Gasteiger partial charge >= 0.3 is 0 Å². The summed E-state index contributed by atoms with van der Waals surface area (Å²) in [5.74, 6) is -1.24. The van der Waals surface area contributed by atoms with Crippen LogP contribution >= 0.6 is 0 Å². The summed E-state index contributed by atoms with van der Waals surface area (Å²) in [5, 5.41) is 9.64. The van der Waals surface area contributed by atoms with Crippen molar-refractivity contribution >= 4 is 0 Å². The molecule has 0 aliphatic carbocycles. The molecule has 0 fully saturated rings. The van der Waals surface area contributed by atoms with E-state index in [1.54, 1.807) is 0 Å². The summed E-state index contributed by atoms with van der Waals surface area (Å²) in [6, 6.07) is 7.77. The minimum atomic E-state index is -0.728. The third-order valence-corrected chi connectivity index (χ3v) is 2.44. The fourth-order valence-electron chi connectivity index (χ4n) is 1.60. The number of phenols is 1. The number of hydrogen-bond donors (Lipinski definition) is 1. The van der Waals surface area contributed by atoms with Crippen molar-refractivity contribution in [2.75, 3.05) is 7.11 Å². The van der Waals surface area contributed by atoms with Crippen LogP contribution in [0, 0.1) is 11.6 Å². The van der Waals surface area contributed by atoms with Crippen LogP contribution < -0.4 is 4.74 Å². The summed E-state index contributed by atoms with van der Waals surface area (Å²) >= 11 is 0. The van der Waals surface area contributed by atoms with Crippen molar-refractivity contribution in [1.29, 1.82) is 0 Å². The lowest BCUT2D eigenvalue weighted by molar-refractivity contribution is 0.412. The first-order valence-corrected chi connectivity index (χ1v) is 4.95. The number of hydrogen-bond acceptors (Lipinski definition) is 2. The Morgan fingerprint density at radius 1 is 1.06 bits per heavy atom. The highest BCUT2D eigenvalue weighted by Gasteiger charge is 2.15. The molecule has 0 aliphatic heterocycles. The largest absolute Gasteiger partial charge is 0.507 e. The van der Waals surface area contributed by atoms with Crippen LogP contribution in [0.4, 0.5) is 8.78 Å². The van der Waals surface area contributed by atoms with Crippen LogP contribution in [0.2, 0.25) is 0 Å². The Balaban J connectivity index is 2.67. The van der Waals surface area contributed by atoms with Crippen molar-refractivity contribution in [3.63, 3.8) is 0 Å². The van der Waals surface area contributed by atoms with E-state index >= 15 is 0 Å². The highest BCUT2D eigenvalue weighted by Crippen LogP contribution is 2.35. The molecule has 0 saturated carbocycles. The number of methoxy groups -OCH3 is 1. The predicted molar refractivity (Wildman–Crippen MR) is 60.0 cm³/mol. The Kier molecular flexibility index (Phi) is 2.95. The molecule has 0 atom stereocenters. The maximum atomic E-state index is 13.6. The quantitative estimate of drug-likeness (QED) is 0.866. The van der Waals surface area contributed by atoms with E-state index < -0.39 is 11.6 Å². The molecule has 2 nitrogen and oxygen atoms in total. The first kappa shape index (κ1) is 11.4. The number of ether oxygens (including phenoxy) is 1. The van der Waals surface area contributed by atoms with Gasteiger partial charge in [-0.1, -0.05) is 6.07 Å². The third-order valence-electron chi connectivity index (χ3n) is 2.44. The molecule has 0 bridgehead atoms. The Morgan fingerprint density at radius 2 is 1.71 bits per heavy atom. The molecule has 0 heterocycles. The molecule has 2 aromatic carbocycles. The lowest BCUT2D eigenvalue weighted by atomic mass is 10.0. The van der Waals surface area contributed by atoms with E-state index in [1.165, 1.54) is 31.4 Å². The smallest absolute Gasteiger partial charge is 0.134 e. The van der Waals surface area contributed by atoms with Gasteiger partial charge in [0.1, 0.15) is 23.1 Å². The van der Waals surface area contributed by atoms with E-state index in [9.17, 15) is 13.9 Å². The average molecular weight is 236 g/mol. The highest BCUT2D eigenvalue weighted by molar-refractivity contribution is 5.72. The molecule has 2 aromatic rings. The van der Waals surface area contributed by atoms with Gasteiger partial charge in [0, 0.05) is 5.56 Å². The number of benzene rings is 2. The highest BCUT2D eigenvalue weighted by atomic mass is 19.1. The van der Waals surface area contributed by atoms with Crippen molar-refractivity contribution in [3.8, 4) is 22.6 Å². The topological polar surface area (TPSA) is 29.5 Å². The molecule has 17 heavy (non-hydrogen) atoms. The van der Waals surface area contributed by atoms with Crippen molar-refractivity contribution < 1.29 is 18.6 Å². The Hall–Kier alpha value is -2.10. The van der Waals surface area contributed by atoms with Crippen LogP contribution in [0.5, 0.6) is 11.5 Å². The van der Waals surface area contributed by atoms with E-state index in [1.807, 2.05) is 0 Å². The van der Waals surface area contributed by atoms with Crippen LogP contribution in [-0.4, -0.2) is 12.2 Å².